The highest BCUT2D eigenvalue weighted by molar-refractivity contribution is 5.81. The summed E-state index contributed by atoms with van der Waals surface area (Å²) >= 11 is 0. The molecule has 1 saturated carbocycles. The average molecular weight is 345 g/mol. The first kappa shape index (κ1) is 17.8. The minimum Gasteiger partial charge on any atom is -0.509 e. The Morgan fingerprint density at radius 2 is 1.64 bits per heavy atom. The lowest BCUT2D eigenvalue weighted by Crippen LogP contribution is -2.44. The molecule has 0 bridgehead atoms. The van der Waals surface area contributed by atoms with E-state index < -0.39 is 0 Å². The lowest BCUT2D eigenvalue weighted by Gasteiger charge is -2.43. The molecule has 1 aliphatic carbocycles. The van der Waals surface area contributed by atoms with Crippen LogP contribution in [-0.2, 0) is 0 Å². The number of likely N-dealkylation sites (N-methyl/N-ethyl adjacent to an activating group) is 1. The molecule has 0 amide bonds. The number of hydrogen-bond acceptors (Lipinski definition) is 3. The van der Waals surface area contributed by atoms with Gasteiger partial charge in [-0.25, -0.2) is 4.39 Å². The molecule has 4 heteroatoms. The van der Waals surface area contributed by atoms with Gasteiger partial charge < -0.3 is 15.1 Å². The van der Waals surface area contributed by atoms with Crippen LogP contribution in [0.2, 0.25) is 0 Å². The van der Waals surface area contributed by atoms with Crippen LogP contribution in [0.15, 0.2) is 41.5 Å². The zero-order chi connectivity index (χ0) is 18.1. The maximum atomic E-state index is 13.3. The molecule has 1 atom stereocenters. The molecule has 1 aromatic carbocycles. The Labute approximate surface area is 149 Å². The fourth-order valence-corrected chi connectivity index (χ4v) is 4.47. The van der Waals surface area contributed by atoms with Gasteiger partial charge in [0.2, 0.25) is 0 Å². The van der Waals surface area contributed by atoms with E-state index in [1.54, 1.807) is 12.1 Å². The van der Waals surface area contributed by atoms with E-state index in [9.17, 15) is 14.6 Å². The Hall–Kier alpha value is -1.97. The summed E-state index contributed by atoms with van der Waals surface area (Å²) in [5.41, 5.74) is 1.95. The summed E-state index contributed by atoms with van der Waals surface area (Å²) in [6.45, 7) is 4.09. The van der Waals surface area contributed by atoms with Gasteiger partial charge in [-0.1, -0.05) is 45.2 Å². The van der Waals surface area contributed by atoms with E-state index in [2.05, 4.69) is 4.90 Å². The molecule has 25 heavy (non-hydrogen) atoms. The van der Waals surface area contributed by atoms with Gasteiger partial charge >= 0.3 is 0 Å². The summed E-state index contributed by atoms with van der Waals surface area (Å²) in [5, 5.41) is 22.0. The zero-order valence-corrected chi connectivity index (χ0v) is 15.3. The third kappa shape index (κ3) is 3.26. The van der Waals surface area contributed by atoms with Crippen molar-refractivity contribution in [2.24, 2.45) is 11.8 Å². The number of benzene rings is 1. The summed E-state index contributed by atoms with van der Waals surface area (Å²) < 4.78 is 13.3. The number of aliphatic hydroxyl groups is 2. The van der Waals surface area contributed by atoms with Gasteiger partial charge in [-0.15, -0.1) is 0 Å². The van der Waals surface area contributed by atoms with Gasteiger partial charge in [0.1, 0.15) is 17.3 Å². The standard InChI is InChI=1S/C21H28FNO2/c1-13(2)18-20(24)17(14-9-11-16(22)12-10-14)21(25)19(23(18)3)15-7-5-4-6-8-15/h9-13,15,19,24-25H,4-8H2,1-3H3. The van der Waals surface area contributed by atoms with Crippen LogP contribution in [0.4, 0.5) is 4.39 Å². The van der Waals surface area contributed by atoms with Gasteiger partial charge in [0.05, 0.1) is 17.3 Å². The van der Waals surface area contributed by atoms with Crippen LogP contribution >= 0.6 is 0 Å². The topological polar surface area (TPSA) is 43.7 Å². The van der Waals surface area contributed by atoms with Crippen molar-refractivity contribution in [2.75, 3.05) is 7.05 Å². The van der Waals surface area contributed by atoms with E-state index in [1.165, 1.54) is 31.4 Å². The summed E-state index contributed by atoms with van der Waals surface area (Å²) in [6, 6.07) is 5.85. The van der Waals surface area contributed by atoms with Crippen molar-refractivity contribution >= 4 is 5.57 Å². The third-order valence-corrected chi connectivity index (χ3v) is 5.59. The number of aliphatic hydroxyl groups excluding tert-OH is 2. The van der Waals surface area contributed by atoms with Gasteiger partial charge in [-0.3, -0.25) is 0 Å². The largest absolute Gasteiger partial charge is 0.509 e. The molecule has 0 spiro atoms. The number of rotatable bonds is 3. The monoisotopic (exact) mass is 345 g/mol. The van der Waals surface area contributed by atoms with Crippen molar-refractivity contribution in [3.05, 3.63) is 52.9 Å². The van der Waals surface area contributed by atoms with Crippen LogP contribution < -0.4 is 0 Å². The molecule has 136 valence electrons. The quantitative estimate of drug-likeness (QED) is 0.769. The lowest BCUT2D eigenvalue weighted by atomic mass is 9.78. The van der Waals surface area contributed by atoms with Crippen LogP contribution in [0.1, 0.15) is 51.5 Å². The first-order chi connectivity index (χ1) is 11.9. The van der Waals surface area contributed by atoms with Crippen molar-refractivity contribution in [1.29, 1.82) is 0 Å². The van der Waals surface area contributed by atoms with Gasteiger partial charge in [0, 0.05) is 7.05 Å². The Morgan fingerprint density at radius 1 is 1.04 bits per heavy atom. The number of hydrogen-bond donors (Lipinski definition) is 2. The van der Waals surface area contributed by atoms with Gasteiger partial charge in [-0.2, -0.15) is 0 Å². The van der Waals surface area contributed by atoms with Crippen molar-refractivity contribution in [3.8, 4) is 0 Å². The van der Waals surface area contributed by atoms with Crippen LogP contribution in [0.25, 0.3) is 5.57 Å². The Balaban J connectivity index is 2.12. The van der Waals surface area contributed by atoms with Crippen molar-refractivity contribution < 1.29 is 14.6 Å². The summed E-state index contributed by atoms with van der Waals surface area (Å²) in [4.78, 5) is 2.05. The molecule has 3 nitrogen and oxygen atoms in total. The van der Waals surface area contributed by atoms with Crippen LogP contribution in [0, 0.1) is 17.7 Å². The Bertz CT molecular complexity index is 684. The fraction of sp³-hybridized carbons (Fsp3) is 0.524. The van der Waals surface area contributed by atoms with E-state index in [4.69, 9.17) is 0 Å². The Morgan fingerprint density at radius 3 is 2.20 bits per heavy atom. The van der Waals surface area contributed by atoms with Crippen molar-refractivity contribution in [3.63, 3.8) is 0 Å². The van der Waals surface area contributed by atoms with Crippen LogP contribution in [0.3, 0.4) is 0 Å². The number of nitrogens with zero attached hydrogens (tertiary/aromatic N) is 1. The highest BCUT2D eigenvalue weighted by Crippen LogP contribution is 2.42. The molecule has 1 aliphatic heterocycles. The van der Waals surface area contributed by atoms with E-state index in [-0.39, 0.29) is 29.3 Å². The smallest absolute Gasteiger partial charge is 0.146 e. The molecule has 1 aromatic rings. The van der Waals surface area contributed by atoms with Gasteiger partial charge in [0.15, 0.2) is 0 Å². The molecule has 2 N–H and O–H groups in total. The zero-order valence-electron chi connectivity index (χ0n) is 15.3. The molecular formula is C21H28FNO2. The number of allylic oxidation sites excluding steroid dienone is 2. The minimum absolute atomic E-state index is 0.105. The normalized spacial score (nSPS) is 22.9. The minimum atomic E-state index is -0.326. The molecule has 2 aliphatic rings. The molecule has 0 saturated heterocycles. The molecule has 3 rings (SSSR count). The van der Waals surface area contributed by atoms with E-state index >= 15 is 0 Å². The van der Waals surface area contributed by atoms with Crippen LogP contribution in [-0.4, -0.2) is 28.2 Å². The first-order valence-corrected chi connectivity index (χ1v) is 9.27. The Kier molecular flexibility index (Phi) is 5.07. The molecule has 0 aromatic heterocycles. The molecule has 1 fully saturated rings. The van der Waals surface area contributed by atoms with E-state index in [0.29, 0.717) is 17.1 Å². The predicted molar refractivity (Wildman–Crippen MR) is 98.6 cm³/mol. The molecule has 1 heterocycles. The van der Waals surface area contributed by atoms with Crippen molar-refractivity contribution in [1.82, 2.24) is 4.90 Å². The lowest BCUT2D eigenvalue weighted by molar-refractivity contribution is 0.136. The fourth-order valence-electron chi connectivity index (χ4n) is 4.47. The second kappa shape index (κ2) is 7.11. The first-order valence-electron chi connectivity index (χ1n) is 9.27. The molecular weight excluding hydrogens is 317 g/mol. The van der Waals surface area contributed by atoms with Crippen LogP contribution in [0.5, 0.6) is 0 Å². The summed E-state index contributed by atoms with van der Waals surface area (Å²) in [6.07, 6.45) is 5.78. The summed E-state index contributed by atoms with van der Waals surface area (Å²) in [7, 11) is 1.96. The second-order valence-electron chi connectivity index (χ2n) is 7.61. The van der Waals surface area contributed by atoms with Crippen molar-refractivity contribution in [2.45, 2.75) is 52.0 Å². The van der Waals surface area contributed by atoms with Gasteiger partial charge in [0.25, 0.3) is 0 Å². The van der Waals surface area contributed by atoms with Gasteiger partial charge in [-0.05, 0) is 42.4 Å². The highest BCUT2D eigenvalue weighted by Gasteiger charge is 2.39. The third-order valence-electron chi connectivity index (χ3n) is 5.59. The predicted octanol–water partition coefficient (Wildman–Crippen LogP) is 5.41. The second-order valence-corrected chi connectivity index (χ2v) is 7.61. The molecule has 1 unspecified atom stereocenters. The average Bonchev–Trinajstić information content (AvgIpc) is 2.57. The summed E-state index contributed by atoms with van der Waals surface area (Å²) in [5.74, 6) is 0.486. The molecule has 0 radical (unpaired) electrons. The highest BCUT2D eigenvalue weighted by atomic mass is 19.1. The maximum Gasteiger partial charge on any atom is 0.146 e. The SMILES string of the molecule is CC(C)C1=C(O)C(c2ccc(F)cc2)=C(O)C(C2CCCCC2)N1C. The van der Waals surface area contributed by atoms with E-state index in [1.807, 2.05) is 20.9 Å². The van der Waals surface area contributed by atoms with E-state index in [0.717, 1.165) is 18.5 Å². The number of halogens is 1. The maximum absolute atomic E-state index is 13.3.